The van der Waals surface area contributed by atoms with Crippen molar-refractivity contribution < 1.29 is 23.8 Å². The van der Waals surface area contributed by atoms with E-state index in [2.05, 4.69) is 10.3 Å². The van der Waals surface area contributed by atoms with E-state index in [0.29, 0.717) is 36.3 Å². The predicted molar refractivity (Wildman–Crippen MR) is 122 cm³/mol. The Bertz CT molecular complexity index is 1180. The molecule has 2 heterocycles. The average molecular weight is 450 g/mol. The van der Waals surface area contributed by atoms with Crippen molar-refractivity contribution in [1.82, 2.24) is 10.3 Å². The third-order valence-electron chi connectivity index (χ3n) is 5.45. The molecular formula is C25H26N2O6. The molecule has 33 heavy (non-hydrogen) atoms. The summed E-state index contributed by atoms with van der Waals surface area (Å²) in [5, 5.41) is 3.57. The Labute approximate surface area is 190 Å². The van der Waals surface area contributed by atoms with Gasteiger partial charge in [0.2, 0.25) is 5.56 Å². The zero-order valence-corrected chi connectivity index (χ0v) is 18.3. The lowest BCUT2D eigenvalue weighted by Crippen LogP contribution is -2.43. The molecule has 0 radical (unpaired) electrons. The molecule has 2 aromatic carbocycles. The predicted octanol–water partition coefficient (Wildman–Crippen LogP) is 2.48. The van der Waals surface area contributed by atoms with E-state index in [0.717, 1.165) is 10.9 Å². The molecule has 0 aliphatic carbocycles. The lowest BCUT2D eigenvalue weighted by atomic mass is 10.0. The van der Waals surface area contributed by atoms with Crippen molar-refractivity contribution in [2.24, 2.45) is 0 Å². The SMILES string of the molecule is Cc1ccc(C(=O)NC(Cc2cc(=O)[nH]c3ccccc23)C(=O)OCCC2OCCO2)cc1. The molecule has 8 heteroatoms. The first-order chi connectivity index (χ1) is 16.0. The molecule has 1 aliphatic heterocycles. The standard InChI is InChI=1S/C25H26N2O6/c1-16-6-8-17(9-7-16)24(29)27-21(25(30)33-11-10-23-31-12-13-32-23)14-18-15-22(28)26-20-5-3-2-4-19(18)20/h2-9,15,21,23H,10-14H2,1H3,(H,26,28)(H,27,29). The van der Waals surface area contributed by atoms with Crippen molar-refractivity contribution in [1.29, 1.82) is 0 Å². The van der Waals surface area contributed by atoms with Gasteiger partial charge >= 0.3 is 5.97 Å². The molecule has 0 bridgehead atoms. The second kappa shape index (κ2) is 10.4. The summed E-state index contributed by atoms with van der Waals surface area (Å²) in [4.78, 5) is 40.8. The summed E-state index contributed by atoms with van der Waals surface area (Å²) in [5.74, 6) is -0.980. The largest absolute Gasteiger partial charge is 0.464 e. The van der Waals surface area contributed by atoms with Crippen LogP contribution < -0.4 is 10.9 Å². The van der Waals surface area contributed by atoms with Gasteiger partial charge in [0.15, 0.2) is 6.29 Å². The van der Waals surface area contributed by atoms with Crippen LogP contribution in [0.2, 0.25) is 0 Å². The van der Waals surface area contributed by atoms with E-state index in [1.165, 1.54) is 6.07 Å². The Morgan fingerprint density at radius 3 is 2.61 bits per heavy atom. The van der Waals surface area contributed by atoms with Crippen molar-refractivity contribution in [3.63, 3.8) is 0 Å². The smallest absolute Gasteiger partial charge is 0.328 e. The monoisotopic (exact) mass is 450 g/mol. The maximum Gasteiger partial charge on any atom is 0.328 e. The molecule has 4 rings (SSSR count). The van der Waals surface area contributed by atoms with E-state index in [4.69, 9.17) is 14.2 Å². The number of para-hydroxylation sites is 1. The van der Waals surface area contributed by atoms with E-state index in [9.17, 15) is 14.4 Å². The van der Waals surface area contributed by atoms with Gasteiger partial charge in [0.25, 0.3) is 5.91 Å². The summed E-state index contributed by atoms with van der Waals surface area (Å²) in [6.45, 7) is 3.06. The highest BCUT2D eigenvalue weighted by Gasteiger charge is 2.25. The molecule has 0 spiro atoms. The Balaban J connectivity index is 1.54. The van der Waals surface area contributed by atoms with Crippen LogP contribution in [0.25, 0.3) is 10.9 Å². The minimum Gasteiger partial charge on any atom is -0.464 e. The fraction of sp³-hybridized carbons (Fsp3) is 0.320. The number of ether oxygens (including phenoxy) is 3. The molecule has 0 saturated carbocycles. The number of rotatable bonds is 8. The number of benzene rings is 2. The molecule has 1 unspecified atom stereocenters. The van der Waals surface area contributed by atoms with Gasteiger partial charge in [0.05, 0.1) is 19.8 Å². The Morgan fingerprint density at radius 1 is 1.12 bits per heavy atom. The van der Waals surface area contributed by atoms with Gasteiger partial charge in [0.1, 0.15) is 6.04 Å². The zero-order chi connectivity index (χ0) is 23.2. The van der Waals surface area contributed by atoms with Crippen LogP contribution in [0, 0.1) is 6.92 Å². The highest BCUT2D eigenvalue weighted by molar-refractivity contribution is 5.97. The van der Waals surface area contributed by atoms with Gasteiger partial charge in [-0.15, -0.1) is 0 Å². The summed E-state index contributed by atoms with van der Waals surface area (Å²) >= 11 is 0. The minimum atomic E-state index is -0.977. The average Bonchev–Trinajstić information content (AvgIpc) is 3.32. The van der Waals surface area contributed by atoms with Gasteiger partial charge in [-0.05, 0) is 30.7 Å². The van der Waals surface area contributed by atoms with Crippen LogP contribution in [0.1, 0.15) is 27.9 Å². The minimum absolute atomic E-state index is 0.0938. The lowest BCUT2D eigenvalue weighted by molar-refractivity contribution is -0.148. The summed E-state index contributed by atoms with van der Waals surface area (Å²) in [7, 11) is 0. The van der Waals surface area contributed by atoms with Gasteiger partial charge in [-0.3, -0.25) is 9.59 Å². The second-order valence-corrected chi connectivity index (χ2v) is 7.93. The summed E-state index contributed by atoms with van der Waals surface area (Å²) in [6, 6.07) is 14.8. The molecule has 1 atom stereocenters. The molecule has 3 aromatic rings. The normalized spacial score (nSPS) is 14.8. The zero-order valence-electron chi connectivity index (χ0n) is 18.3. The van der Waals surface area contributed by atoms with E-state index in [1.54, 1.807) is 18.2 Å². The third-order valence-corrected chi connectivity index (χ3v) is 5.45. The summed E-state index contributed by atoms with van der Waals surface area (Å²) in [6.07, 6.45) is 0.116. The number of hydrogen-bond donors (Lipinski definition) is 2. The molecule has 8 nitrogen and oxygen atoms in total. The first-order valence-electron chi connectivity index (χ1n) is 10.9. The molecule has 1 amide bonds. The fourth-order valence-electron chi connectivity index (χ4n) is 3.74. The Morgan fingerprint density at radius 2 is 1.85 bits per heavy atom. The second-order valence-electron chi connectivity index (χ2n) is 7.93. The van der Waals surface area contributed by atoms with Crippen LogP contribution in [0.3, 0.4) is 0 Å². The Hall–Kier alpha value is -3.49. The number of carbonyl (C=O) groups excluding carboxylic acids is 2. The molecule has 1 aromatic heterocycles. The number of hydrogen-bond acceptors (Lipinski definition) is 6. The maximum absolute atomic E-state index is 13.0. The molecule has 2 N–H and O–H groups in total. The molecule has 172 valence electrons. The third kappa shape index (κ3) is 5.85. The van der Waals surface area contributed by atoms with E-state index in [-0.39, 0.29) is 18.6 Å². The topological polar surface area (TPSA) is 107 Å². The summed E-state index contributed by atoms with van der Waals surface area (Å²) in [5.41, 5.74) is 2.47. The number of H-pyrrole nitrogens is 1. The highest BCUT2D eigenvalue weighted by Crippen LogP contribution is 2.17. The lowest BCUT2D eigenvalue weighted by Gasteiger charge is -2.19. The van der Waals surface area contributed by atoms with Crippen LogP contribution in [0.5, 0.6) is 0 Å². The van der Waals surface area contributed by atoms with E-state index < -0.39 is 24.2 Å². The van der Waals surface area contributed by atoms with Gasteiger partial charge in [0, 0.05) is 35.4 Å². The van der Waals surface area contributed by atoms with Crippen molar-refractivity contribution >= 4 is 22.8 Å². The molecule has 1 saturated heterocycles. The van der Waals surface area contributed by atoms with E-state index in [1.807, 2.05) is 37.3 Å². The van der Waals surface area contributed by atoms with Crippen LogP contribution >= 0.6 is 0 Å². The fourth-order valence-corrected chi connectivity index (χ4v) is 3.74. The quantitative estimate of drug-likeness (QED) is 0.511. The van der Waals surface area contributed by atoms with Crippen molar-refractivity contribution in [2.45, 2.75) is 32.1 Å². The van der Waals surface area contributed by atoms with Gasteiger partial charge in [-0.2, -0.15) is 0 Å². The first-order valence-corrected chi connectivity index (χ1v) is 10.9. The Kier molecular flexibility index (Phi) is 7.16. The number of aromatic amines is 1. The van der Waals surface area contributed by atoms with E-state index >= 15 is 0 Å². The number of pyridine rings is 1. The van der Waals surface area contributed by atoms with Crippen LogP contribution in [-0.4, -0.2) is 49.0 Å². The maximum atomic E-state index is 13.0. The number of amides is 1. The number of fused-ring (bicyclic) bond motifs is 1. The number of nitrogens with one attached hydrogen (secondary N) is 2. The number of carbonyl (C=O) groups is 2. The molecular weight excluding hydrogens is 424 g/mol. The summed E-state index contributed by atoms with van der Waals surface area (Å²) < 4.78 is 16.2. The van der Waals surface area contributed by atoms with Crippen LogP contribution in [0.4, 0.5) is 0 Å². The van der Waals surface area contributed by atoms with Gasteiger partial charge < -0.3 is 24.5 Å². The number of esters is 1. The van der Waals surface area contributed by atoms with Gasteiger partial charge in [-0.1, -0.05) is 35.9 Å². The highest BCUT2D eigenvalue weighted by atomic mass is 16.7. The van der Waals surface area contributed by atoms with Crippen molar-refractivity contribution in [3.05, 3.63) is 81.6 Å². The number of aryl methyl sites for hydroxylation is 1. The first kappa shape index (κ1) is 22.7. The van der Waals surface area contributed by atoms with Gasteiger partial charge in [-0.25, -0.2) is 4.79 Å². The van der Waals surface area contributed by atoms with Crippen LogP contribution in [-0.2, 0) is 25.4 Å². The molecule has 1 aliphatic rings. The van der Waals surface area contributed by atoms with Crippen LogP contribution in [0.15, 0.2) is 59.4 Å². The number of aromatic nitrogens is 1. The molecule has 1 fully saturated rings. The van der Waals surface area contributed by atoms with Crippen molar-refractivity contribution in [2.75, 3.05) is 19.8 Å². The van der Waals surface area contributed by atoms with Crippen molar-refractivity contribution in [3.8, 4) is 0 Å².